The Morgan fingerprint density at radius 1 is 0.944 bits per heavy atom. The maximum absolute atomic E-state index is 13.2. The molecule has 0 saturated heterocycles. The molecule has 0 aliphatic carbocycles. The summed E-state index contributed by atoms with van der Waals surface area (Å²) in [5.74, 6) is 0.196. The first kappa shape index (κ1) is 27.0. The lowest BCUT2D eigenvalue weighted by Gasteiger charge is -2.13. The molecule has 192 valence electrons. The van der Waals surface area contributed by atoms with Crippen molar-refractivity contribution >= 4 is 11.8 Å². The third kappa shape index (κ3) is 8.91. The molecule has 36 heavy (non-hydrogen) atoms. The normalized spacial score (nSPS) is 10.9. The van der Waals surface area contributed by atoms with Crippen LogP contribution in [0.3, 0.4) is 0 Å². The van der Waals surface area contributed by atoms with Gasteiger partial charge in [-0.15, -0.1) is 10.2 Å². The van der Waals surface area contributed by atoms with Gasteiger partial charge in [0.2, 0.25) is 0 Å². The van der Waals surface area contributed by atoms with E-state index in [1.165, 1.54) is 38.5 Å². The summed E-state index contributed by atoms with van der Waals surface area (Å²) in [6.07, 6.45) is 10.5. The summed E-state index contributed by atoms with van der Waals surface area (Å²) in [4.78, 5) is 24.4. The van der Waals surface area contributed by atoms with Gasteiger partial charge < -0.3 is 9.84 Å². The molecule has 0 aliphatic heterocycles. The largest absolute Gasteiger partial charge is 0.493 e. The molecule has 0 unspecified atom stereocenters. The van der Waals surface area contributed by atoms with Crippen LogP contribution in [0, 0.1) is 0 Å². The zero-order chi connectivity index (χ0) is 25.6. The van der Waals surface area contributed by atoms with Crippen LogP contribution < -0.4 is 4.74 Å². The Balaban J connectivity index is 1.61. The first-order valence-electron chi connectivity index (χ1n) is 12.9. The van der Waals surface area contributed by atoms with Gasteiger partial charge in [-0.1, -0.05) is 75.3 Å². The maximum Gasteiger partial charge on any atom is 0.303 e. The number of aromatic nitrogens is 4. The number of hydrogen-bond donors (Lipinski definition) is 2. The summed E-state index contributed by atoms with van der Waals surface area (Å²) in [6, 6.07) is 12.6. The first-order valence-corrected chi connectivity index (χ1v) is 12.9. The van der Waals surface area contributed by atoms with Crippen LogP contribution >= 0.6 is 0 Å². The summed E-state index contributed by atoms with van der Waals surface area (Å²) in [5, 5.41) is 23.1. The van der Waals surface area contributed by atoms with Gasteiger partial charge in [-0.3, -0.25) is 9.59 Å². The lowest BCUT2D eigenvalue weighted by atomic mass is 9.97. The molecule has 0 saturated carbocycles. The van der Waals surface area contributed by atoms with E-state index in [4.69, 9.17) is 4.74 Å². The molecule has 1 heterocycles. The fraction of sp³-hybridized carbons (Fsp3) is 0.464. The van der Waals surface area contributed by atoms with Crippen LogP contribution in [0.5, 0.6) is 5.75 Å². The van der Waals surface area contributed by atoms with Crippen molar-refractivity contribution in [1.29, 1.82) is 0 Å². The molecule has 0 aliphatic rings. The van der Waals surface area contributed by atoms with E-state index in [0.29, 0.717) is 42.1 Å². The van der Waals surface area contributed by atoms with Crippen LogP contribution in [0.25, 0.3) is 0 Å². The second kappa shape index (κ2) is 14.8. The quantitative estimate of drug-likeness (QED) is 0.187. The van der Waals surface area contributed by atoms with E-state index >= 15 is 0 Å². The van der Waals surface area contributed by atoms with E-state index < -0.39 is 5.97 Å². The van der Waals surface area contributed by atoms with E-state index in [9.17, 15) is 14.7 Å². The smallest absolute Gasteiger partial charge is 0.303 e. The second-order valence-electron chi connectivity index (χ2n) is 9.07. The van der Waals surface area contributed by atoms with Crippen molar-refractivity contribution in [2.45, 2.75) is 77.6 Å². The molecule has 2 N–H and O–H groups in total. The minimum atomic E-state index is -0.880. The van der Waals surface area contributed by atoms with Gasteiger partial charge in [0.05, 0.1) is 6.61 Å². The van der Waals surface area contributed by atoms with Gasteiger partial charge in [0.25, 0.3) is 0 Å². The van der Waals surface area contributed by atoms with Crippen molar-refractivity contribution in [2.24, 2.45) is 0 Å². The number of unbranched alkanes of at least 4 members (excludes halogenated alkanes) is 7. The third-order valence-corrected chi connectivity index (χ3v) is 6.13. The molecular formula is C28H36N4O4. The van der Waals surface area contributed by atoms with Gasteiger partial charge in [-0.2, -0.15) is 5.21 Å². The average Bonchev–Trinajstić information content (AvgIpc) is 3.39. The lowest BCUT2D eigenvalue weighted by molar-refractivity contribution is -0.136. The number of aliphatic carboxylic acids is 1. The molecule has 8 nitrogen and oxygen atoms in total. The van der Waals surface area contributed by atoms with Crippen LogP contribution in [0.4, 0.5) is 0 Å². The number of nitrogens with one attached hydrogen (secondary N) is 1. The predicted octanol–water partition coefficient (Wildman–Crippen LogP) is 5.56. The average molecular weight is 493 g/mol. The number of ether oxygens (including phenoxy) is 1. The van der Waals surface area contributed by atoms with Crippen LogP contribution in [0.1, 0.15) is 97.6 Å². The summed E-state index contributed by atoms with van der Waals surface area (Å²) >= 11 is 0. The van der Waals surface area contributed by atoms with Gasteiger partial charge >= 0.3 is 5.97 Å². The van der Waals surface area contributed by atoms with Crippen molar-refractivity contribution in [3.05, 3.63) is 70.5 Å². The Labute approximate surface area is 212 Å². The first-order chi connectivity index (χ1) is 17.6. The van der Waals surface area contributed by atoms with Gasteiger partial charge in [0, 0.05) is 24.0 Å². The molecule has 3 aromatic rings. The number of aryl methyl sites for hydroxylation is 1. The number of benzene rings is 2. The molecule has 8 heteroatoms. The monoisotopic (exact) mass is 492 g/mol. The molecule has 2 aromatic carbocycles. The third-order valence-electron chi connectivity index (χ3n) is 6.13. The number of carbonyl (C=O) groups excluding carboxylic acids is 1. The number of hydrogen-bond acceptors (Lipinski definition) is 6. The number of carbonyl (C=O) groups is 2. The van der Waals surface area contributed by atoms with Gasteiger partial charge in [0.15, 0.2) is 11.6 Å². The molecule has 0 atom stereocenters. The topological polar surface area (TPSA) is 118 Å². The number of H-pyrrole nitrogens is 1. The number of nitrogens with zero attached hydrogens (tertiary/aromatic N) is 3. The summed E-state index contributed by atoms with van der Waals surface area (Å²) in [6.45, 7) is 2.81. The molecule has 0 bridgehead atoms. The fourth-order valence-corrected chi connectivity index (χ4v) is 4.15. The molecule has 0 spiro atoms. The Bertz CT molecular complexity index is 1100. The van der Waals surface area contributed by atoms with E-state index in [0.717, 1.165) is 24.0 Å². The van der Waals surface area contributed by atoms with Crippen molar-refractivity contribution in [3.8, 4) is 5.75 Å². The Morgan fingerprint density at radius 2 is 1.69 bits per heavy atom. The predicted molar refractivity (Wildman–Crippen MR) is 137 cm³/mol. The SMILES string of the molecule is CCCCCCCCCCOc1ccc(C(=O)c2cccc(Cc3nn[nH]n3)c2)cc1CCC(=O)O. The lowest BCUT2D eigenvalue weighted by Crippen LogP contribution is -2.07. The Hall–Kier alpha value is -3.55. The summed E-state index contributed by atoms with van der Waals surface area (Å²) < 4.78 is 6.01. The minimum absolute atomic E-state index is 0.0219. The number of aromatic amines is 1. The fourth-order valence-electron chi connectivity index (χ4n) is 4.15. The Kier molecular flexibility index (Phi) is 11.1. The molecule has 0 radical (unpaired) electrons. The van der Waals surface area contributed by atoms with Crippen molar-refractivity contribution in [3.63, 3.8) is 0 Å². The van der Waals surface area contributed by atoms with E-state index in [2.05, 4.69) is 27.5 Å². The number of rotatable bonds is 17. The molecule has 3 rings (SSSR count). The number of carboxylic acid groups (broad SMARTS) is 1. The van der Waals surface area contributed by atoms with Crippen molar-refractivity contribution in [1.82, 2.24) is 20.6 Å². The van der Waals surface area contributed by atoms with E-state index in [1.54, 1.807) is 24.3 Å². The highest BCUT2D eigenvalue weighted by Gasteiger charge is 2.15. The number of tetrazole rings is 1. The zero-order valence-corrected chi connectivity index (χ0v) is 21.0. The van der Waals surface area contributed by atoms with Crippen LogP contribution in [-0.2, 0) is 17.6 Å². The highest BCUT2D eigenvalue weighted by Crippen LogP contribution is 2.24. The van der Waals surface area contributed by atoms with Crippen LogP contribution in [-0.4, -0.2) is 44.1 Å². The minimum Gasteiger partial charge on any atom is -0.493 e. The van der Waals surface area contributed by atoms with E-state index in [-0.39, 0.29) is 12.2 Å². The standard InChI is InChI=1S/C28H36N4O4/c1-2-3-4-5-6-7-8-9-17-36-25-15-13-24(20-22(25)14-16-27(33)34)28(35)23-12-10-11-21(18-23)19-26-29-31-32-30-26/h10-13,15,18,20H,2-9,14,16-17,19H2,1H3,(H,33,34)(H,29,30,31,32). The van der Waals surface area contributed by atoms with Gasteiger partial charge in [0.1, 0.15) is 5.75 Å². The van der Waals surface area contributed by atoms with Crippen LogP contribution in [0.15, 0.2) is 42.5 Å². The molecular weight excluding hydrogens is 456 g/mol. The van der Waals surface area contributed by atoms with Gasteiger partial charge in [-0.05, 0) is 48.2 Å². The second-order valence-corrected chi connectivity index (χ2v) is 9.07. The van der Waals surface area contributed by atoms with Crippen molar-refractivity contribution in [2.75, 3.05) is 6.61 Å². The number of ketones is 1. The Morgan fingerprint density at radius 3 is 2.42 bits per heavy atom. The molecule has 1 aromatic heterocycles. The van der Waals surface area contributed by atoms with Crippen molar-refractivity contribution < 1.29 is 19.4 Å². The zero-order valence-electron chi connectivity index (χ0n) is 21.0. The van der Waals surface area contributed by atoms with Crippen LogP contribution in [0.2, 0.25) is 0 Å². The molecule has 0 amide bonds. The van der Waals surface area contributed by atoms with Gasteiger partial charge in [-0.25, -0.2) is 0 Å². The molecule has 0 fully saturated rings. The summed E-state index contributed by atoms with van der Waals surface area (Å²) in [5.41, 5.74) is 2.70. The van der Waals surface area contributed by atoms with E-state index in [1.807, 2.05) is 18.2 Å². The highest BCUT2D eigenvalue weighted by atomic mass is 16.5. The highest BCUT2D eigenvalue weighted by molar-refractivity contribution is 6.09. The summed E-state index contributed by atoms with van der Waals surface area (Å²) in [7, 11) is 0. The number of carboxylic acids is 1. The maximum atomic E-state index is 13.2.